The molecule has 1 atom stereocenters. The molecule has 0 radical (unpaired) electrons. The molecule has 0 saturated carbocycles. The van der Waals surface area contributed by atoms with Crippen LogP contribution >= 0.6 is 0 Å². The molecule has 1 unspecified atom stereocenters. The second kappa shape index (κ2) is 8.62. The van der Waals surface area contributed by atoms with E-state index >= 15 is 0 Å². The van der Waals surface area contributed by atoms with Gasteiger partial charge in [-0.3, -0.25) is 0 Å². The maximum atomic E-state index is 11.9. The van der Waals surface area contributed by atoms with Crippen molar-refractivity contribution in [3.63, 3.8) is 0 Å². The van der Waals surface area contributed by atoms with E-state index in [1.807, 2.05) is 0 Å². The lowest BCUT2D eigenvalue weighted by Crippen LogP contribution is -2.37. The molecule has 0 fully saturated rings. The number of benzene rings is 2. The number of carboxylic acids is 1. The molecule has 0 saturated heterocycles. The first-order chi connectivity index (χ1) is 15.2. The van der Waals surface area contributed by atoms with Crippen LogP contribution < -0.4 is 10.2 Å². The molecule has 4 heteroatoms. The molecule has 160 valence electrons. The highest BCUT2D eigenvalue weighted by molar-refractivity contribution is 5.87. The van der Waals surface area contributed by atoms with E-state index in [-0.39, 0.29) is 6.04 Å². The van der Waals surface area contributed by atoms with Gasteiger partial charge >= 0.3 is 5.97 Å². The van der Waals surface area contributed by atoms with Gasteiger partial charge in [-0.1, -0.05) is 48.5 Å². The maximum absolute atomic E-state index is 11.9. The van der Waals surface area contributed by atoms with Gasteiger partial charge in [-0.15, -0.1) is 0 Å². The summed E-state index contributed by atoms with van der Waals surface area (Å²) in [6.07, 6.45) is 8.08. The van der Waals surface area contributed by atoms with Gasteiger partial charge in [-0.05, 0) is 68.6 Å². The number of nitrogens with zero attached hydrogens (tertiary/aromatic N) is 1. The SMILES string of the molecule is O=C(O)C1=C(NC2C3=C(CCCC3)N(Cc3ccccc3)c3ccccc32)CCCC1. The van der Waals surface area contributed by atoms with Gasteiger partial charge in [-0.2, -0.15) is 0 Å². The average molecular weight is 415 g/mol. The normalized spacial score (nSPS) is 20.9. The summed E-state index contributed by atoms with van der Waals surface area (Å²) in [4.78, 5) is 14.4. The minimum absolute atomic E-state index is 0.0703. The number of aliphatic carboxylic acids is 1. The number of nitrogens with one attached hydrogen (secondary N) is 1. The van der Waals surface area contributed by atoms with E-state index in [4.69, 9.17) is 0 Å². The highest BCUT2D eigenvalue weighted by atomic mass is 16.4. The largest absolute Gasteiger partial charge is 0.478 e. The summed E-state index contributed by atoms with van der Waals surface area (Å²) in [5.74, 6) is -0.769. The summed E-state index contributed by atoms with van der Waals surface area (Å²) in [6.45, 7) is 0.868. The molecule has 0 bridgehead atoms. The predicted molar refractivity (Wildman–Crippen MR) is 124 cm³/mol. The standard InChI is InChI=1S/C27H30N2O2/c30-27(31)20-12-4-7-15-23(20)28-26-21-13-5-8-16-24(21)29(18-19-10-2-1-3-11-19)25-17-9-6-14-22(25)26/h1-3,5,8,10-11,13,16,26,28H,4,6-7,9,12,14-15,17-18H2,(H,30,31). The minimum atomic E-state index is -0.769. The van der Waals surface area contributed by atoms with Crippen LogP contribution in [0.2, 0.25) is 0 Å². The molecule has 1 heterocycles. The summed E-state index contributed by atoms with van der Waals surface area (Å²) in [5, 5.41) is 13.5. The van der Waals surface area contributed by atoms with Gasteiger partial charge in [0, 0.05) is 29.2 Å². The van der Waals surface area contributed by atoms with E-state index in [1.54, 1.807) is 0 Å². The summed E-state index contributed by atoms with van der Waals surface area (Å²) in [7, 11) is 0. The molecule has 2 aliphatic carbocycles. The number of fused-ring (bicyclic) bond motifs is 1. The molecular weight excluding hydrogens is 384 g/mol. The second-order valence-electron chi connectivity index (χ2n) is 8.86. The summed E-state index contributed by atoms with van der Waals surface area (Å²) < 4.78 is 0. The number of carbonyl (C=O) groups is 1. The Bertz CT molecular complexity index is 1040. The van der Waals surface area contributed by atoms with Crippen LogP contribution in [0.5, 0.6) is 0 Å². The fourth-order valence-electron chi connectivity index (χ4n) is 5.43. The van der Waals surface area contributed by atoms with Crippen molar-refractivity contribution >= 4 is 11.7 Å². The monoisotopic (exact) mass is 414 g/mol. The van der Waals surface area contributed by atoms with Crippen LogP contribution in [-0.4, -0.2) is 11.1 Å². The van der Waals surface area contributed by atoms with Crippen LogP contribution in [0.4, 0.5) is 5.69 Å². The third-order valence-corrected chi connectivity index (χ3v) is 6.92. The van der Waals surface area contributed by atoms with Gasteiger partial charge in [0.25, 0.3) is 0 Å². The molecular formula is C27H30N2O2. The first-order valence-corrected chi connectivity index (χ1v) is 11.6. The Labute approximate surface area is 184 Å². The molecule has 2 aromatic carbocycles. The Hall–Kier alpha value is -3.01. The van der Waals surface area contributed by atoms with Crippen molar-refractivity contribution in [2.45, 2.75) is 64.0 Å². The highest BCUT2D eigenvalue weighted by Crippen LogP contribution is 2.46. The van der Waals surface area contributed by atoms with Crippen molar-refractivity contribution in [1.29, 1.82) is 0 Å². The van der Waals surface area contributed by atoms with Crippen LogP contribution in [0.3, 0.4) is 0 Å². The van der Waals surface area contributed by atoms with Gasteiger partial charge in [-0.25, -0.2) is 4.79 Å². The van der Waals surface area contributed by atoms with Crippen molar-refractivity contribution in [2.75, 3.05) is 4.90 Å². The average Bonchev–Trinajstić information content (AvgIpc) is 2.82. The minimum Gasteiger partial charge on any atom is -0.478 e. The zero-order valence-electron chi connectivity index (χ0n) is 17.9. The Morgan fingerprint density at radius 1 is 0.903 bits per heavy atom. The quantitative estimate of drug-likeness (QED) is 0.623. The third kappa shape index (κ3) is 3.87. The molecule has 2 N–H and O–H groups in total. The van der Waals surface area contributed by atoms with Crippen molar-refractivity contribution in [3.8, 4) is 0 Å². The van der Waals surface area contributed by atoms with Gasteiger partial charge < -0.3 is 15.3 Å². The van der Waals surface area contributed by atoms with Crippen molar-refractivity contribution in [2.24, 2.45) is 0 Å². The predicted octanol–water partition coefficient (Wildman–Crippen LogP) is 6.08. The number of rotatable bonds is 5. The summed E-state index contributed by atoms with van der Waals surface area (Å²) in [5.41, 5.74) is 8.22. The van der Waals surface area contributed by atoms with Crippen LogP contribution in [0, 0.1) is 0 Å². The van der Waals surface area contributed by atoms with Gasteiger partial charge in [0.05, 0.1) is 11.6 Å². The Kier molecular flexibility index (Phi) is 5.54. The maximum Gasteiger partial charge on any atom is 0.333 e. The second-order valence-corrected chi connectivity index (χ2v) is 8.86. The molecule has 3 aliphatic rings. The van der Waals surface area contributed by atoms with Crippen molar-refractivity contribution in [1.82, 2.24) is 5.32 Å². The van der Waals surface area contributed by atoms with E-state index in [0.29, 0.717) is 12.0 Å². The molecule has 2 aromatic rings. The van der Waals surface area contributed by atoms with Crippen LogP contribution in [0.15, 0.2) is 77.1 Å². The molecule has 1 aliphatic heterocycles. The number of para-hydroxylation sites is 1. The van der Waals surface area contributed by atoms with E-state index in [1.165, 1.54) is 40.9 Å². The summed E-state index contributed by atoms with van der Waals surface area (Å²) in [6, 6.07) is 19.4. The first kappa shape index (κ1) is 19.9. The number of carboxylic acid groups (broad SMARTS) is 1. The zero-order valence-corrected chi connectivity index (χ0v) is 17.9. The lowest BCUT2D eigenvalue weighted by atomic mass is 9.82. The fraction of sp³-hybridized carbons (Fsp3) is 0.370. The van der Waals surface area contributed by atoms with Crippen LogP contribution in [0.1, 0.15) is 68.5 Å². The molecule has 5 rings (SSSR count). The number of allylic oxidation sites excluding steroid dienone is 2. The van der Waals surface area contributed by atoms with E-state index in [2.05, 4.69) is 64.8 Å². The lowest BCUT2D eigenvalue weighted by Gasteiger charge is -2.43. The third-order valence-electron chi connectivity index (χ3n) is 6.92. The topological polar surface area (TPSA) is 52.6 Å². The van der Waals surface area contributed by atoms with Gasteiger partial charge in [0.15, 0.2) is 0 Å². The zero-order chi connectivity index (χ0) is 21.2. The Morgan fingerprint density at radius 2 is 1.61 bits per heavy atom. The molecule has 4 nitrogen and oxygen atoms in total. The van der Waals surface area contributed by atoms with Crippen LogP contribution in [0.25, 0.3) is 0 Å². The highest BCUT2D eigenvalue weighted by Gasteiger charge is 2.34. The van der Waals surface area contributed by atoms with E-state index in [9.17, 15) is 9.90 Å². The first-order valence-electron chi connectivity index (χ1n) is 11.6. The van der Waals surface area contributed by atoms with E-state index in [0.717, 1.165) is 44.3 Å². The Balaban J connectivity index is 1.58. The molecule has 31 heavy (non-hydrogen) atoms. The Morgan fingerprint density at radius 3 is 2.45 bits per heavy atom. The molecule has 0 aromatic heterocycles. The molecule has 0 amide bonds. The molecule has 0 spiro atoms. The number of hydrogen-bond acceptors (Lipinski definition) is 3. The van der Waals surface area contributed by atoms with E-state index < -0.39 is 5.97 Å². The smallest absolute Gasteiger partial charge is 0.333 e. The number of hydrogen-bond donors (Lipinski definition) is 2. The van der Waals surface area contributed by atoms with Crippen molar-refractivity contribution in [3.05, 3.63) is 88.3 Å². The number of anilines is 1. The summed E-state index contributed by atoms with van der Waals surface area (Å²) >= 11 is 0. The fourth-order valence-corrected chi connectivity index (χ4v) is 5.43. The van der Waals surface area contributed by atoms with Crippen molar-refractivity contribution < 1.29 is 9.90 Å². The van der Waals surface area contributed by atoms with Gasteiger partial charge in [0.1, 0.15) is 0 Å². The van der Waals surface area contributed by atoms with Crippen LogP contribution in [-0.2, 0) is 11.3 Å². The lowest BCUT2D eigenvalue weighted by molar-refractivity contribution is -0.133. The van der Waals surface area contributed by atoms with Gasteiger partial charge in [0.2, 0.25) is 0 Å².